The van der Waals surface area contributed by atoms with E-state index in [4.69, 9.17) is 4.74 Å². The SMILES string of the molecule is C=CCn1c(SCc2ccccc2C)nnc1C(C)Oc1ccc(CC)cc1. The Morgan fingerprint density at radius 1 is 1.14 bits per heavy atom. The van der Waals surface area contributed by atoms with E-state index in [2.05, 4.69) is 71.6 Å². The molecule has 1 aromatic heterocycles. The lowest BCUT2D eigenvalue weighted by molar-refractivity contribution is 0.210. The molecule has 0 radical (unpaired) electrons. The van der Waals surface area contributed by atoms with E-state index in [1.54, 1.807) is 11.8 Å². The summed E-state index contributed by atoms with van der Waals surface area (Å²) in [4.78, 5) is 0. The van der Waals surface area contributed by atoms with Crippen LogP contribution in [0.3, 0.4) is 0 Å². The molecule has 0 saturated carbocycles. The van der Waals surface area contributed by atoms with E-state index in [0.717, 1.165) is 28.9 Å². The standard InChI is InChI=1S/C23H27N3OS/c1-5-15-26-22(18(4)27-21-13-11-19(6-2)12-14-21)24-25-23(26)28-16-20-10-8-7-9-17(20)3/h5,7-14,18H,1,6,15-16H2,2-4H3. The second-order valence-electron chi connectivity index (χ2n) is 6.71. The fourth-order valence-electron chi connectivity index (χ4n) is 2.98. The molecule has 1 heterocycles. The van der Waals surface area contributed by atoms with Gasteiger partial charge in [-0.1, -0.05) is 61.2 Å². The quantitative estimate of drug-likeness (QED) is 0.342. The number of aromatic nitrogens is 3. The Kier molecular flexibility index (Phi) is 6.93. The second kappa shape index (κ2) is 9.60. The van der Waals surface area contributed by atoms with Crippen LogP contribution in [0, 0.1) is 6.92 Å². The molecule has 4 nitrogen and oxygen atoms in total. The number of rotatable bonds is 9. The van der Waals surface area contributed by atoms with Crippen LogP contribution in [0.4, 0.5) is 0 Å². The lowest BCUT2D eigenvalue weighted by Crippen LogP contribution is -2.12. The summed E-state index contributed by atoms with van der Waals surface area (Å²) in [5.41, 5.74) is 3.89. The fraction of sp³-hybridized carbons (Fsp3) is 0.304. The molecule has 3 rings (SSSR count). The number of thioether (sulfide) groups is 1. The smallest absolute Gasteiger partial charge is 0.191 e. The Balaban J connectivity index is 1.75. The third-order valence-corrected chi connectivity index (χ3v) is 5.70. The summed E-state index contributed by atoms with van der Waals surface area (Å²) in [6.07, 6.45) is 2.69. The monoisotopic (exact) mass is 393 g/mol. The van der Waals surface area contributed by atoms with Crippen LogP contribution < -0.4 is 4.74 Å². The van der Waals surface area contributed by atoms with Crippen LogP contribution in [0.25, 0.3) is 0 Å². The van der Waals surface area contributed by atoms with Crippen molar-refractivity contribution in [3.05, 3.63) is 83.7 Å². The van der Waals surface area contributed by atoms with Gasteiger partial charge in [-0.05, 0) is 49.1 Å². The number of hydrogen-bond acceptors (Lipinski definition) is 4. The highest BCUT2D eigenvalue weighted by molar-refractivity contribution is 7.98. The van der Waals surface area contributed by atoms with E-state index >= 15 is 0 Å². The minimum atomic E-state index is -0.201. The molecule has 0 bridgehead atoms. The number of hydrogen-bond donors (Lipinski definition) is 0. The van der Waals surface area contributed by atoms with E-state index in [1.807, 2.05) is 25.1 Å². The predicted molar refractivity (Wildman–Crippen MR) is 116 cm³/mol. The zero-order chi connectivity index (χ0) is 19.9. The van der Waals surface area contributed by atoms with E-state index in [0.29, 0.717) is 6.54 Å². The van der Waals surface area contributed by atoms with Crippen LogP contribution in [0.5, 0.6) is 5.75 Å². The summed E-state index contributed by atoms with van der Waals surface area (Å²) in [6.45, 7) is 10.8. The third kappa shape index (κ3) is 4.84. The van der Waals surface area contributed by atoms with Crippen molar-refractivity contribution in [2.45, 2.75) is 50.8 Å². The zero-order valence-electron chi connectivity index (χ0n) is 16.8. The summed E-state index contributed by atoms with van der Waals surface area (Å²) in [5, 5.41) is 9.72. The molecule has 0 fully saturated rings. The van der Waals surface area contributed by atoms with E-state index in [1.165, 1.54) is 16.7 Å². The Morgan fingerprint density at radius 3 is 2.57 bits per heavy atom. The molecule has 0 N–H and O–H groups in total. The van der Waals surface area contributed by atoms with Gasteiger partial charge in [0, 0.05) is 12.3 Å². The summed E-state index contributed by atoms with van der Waals surface area (Å²) >= 11 is 1.69. The molecule has 0 saturated heterocycles. The molecular weight excluding hydrogens is 366 g/mol. The Hall–Kier alpha value is -2.53. The van der Waals surface area contributed by atoms with E-state index in [9.17, 15) is 0 Å². The van der Waals surface area contributed by atoms with Gasteiger partial charge in [-0.25, -0.2) is 0 Å². The van der Waals surface area contributed by atoms with Crippen molar-refractivity contribution < 1.29 is 4.74 Å². The molecule has 5 heteroatoms. The number of allylic oxidation sites excluding steroid dienone is 1. The van der Waals surface area contributed by atoms with Crippen molar-refractivity contribution in [1.29, 1.82) is 0 Å². The highest BCUT2D eigenvalue weighted by atomic mass is 32.2. The third-order valence-electron chi connectivity index (χ3n) is 4.68. The maximum atomic E-state index is 6.12. The van der Waals surface area contributed by atoms with Crippen molar-refractivity contribution >= 4 is 11.8 Å². The molecule has 0 amide bonds. The van der Waals surface area contributed by atoms with Gasteiger partial charge in [0.2, 0.25) is 0 Å². The van der Waals surface area contributed by atoms with Crippen molar-refractivity contribution in [3.8, 4) is 5.75 Å². The maximum Gasteiger partial charge on any atom is 0.191 e. The van der Waals surface area contributed by atoms with Crippen LogP contribution in [-0.2, 0) is 18.7 Å². The Morgan fingerprint density at radius 2 is 1.89 bits per heavy atom. The van der Waals surface area contributed by atoms with Crippen LogP contribution in [0.15, 0.2) is 66.3 Å². The molecule has 28 heavy (non-hydrogen) atoms. The minimum absolute atomic E-state index is 0.201. The van der Waals surface area contributed by atoms with E-state index < -0.39 is 0 Å². The van der Waals surface area contributed by atoms with Crippen molar-refractivity contribution in [2.24, 2.45) is 0 Å². The lowest BCUT2D eigenvalue weighted by Gasteiger charge is -2.16. The summed E-state index contributed by atoms with van der Waals surface area (Å²) < 4.78 is 8.20. The van der Waals surface area contributed by atoms with Gasteiger partial charge in [-0.15, -0.1) is 16.8 Å². The van der Waals surface area contributed by atoms with Crippen LogP contribution in [0.2, 0.25) is 0 Å². The first-order valence-electron chi connectivity index (χ1n) is 9.59. The van der Waals surface area contributed by atoms with Crippen molar-refractivity contribution in [1.82, 2.24) is 14.8 Å². The van der Waals surface area contributed by atoms with Gasteiger partial charge >= 0.3 is 0 Å². The molecule has 1 atom stereocenters. The first-order chi connectivity index (χ1) is 13.6. The van der Waals surface area contributed by atoms with Crippen molar-refractivity contribution in [2.75, 3.05) is 0 Å². The molecule has 0 aliphatic carbocycles. The van der Waals surface area contributed by atoms with Crippen LogP contribution in [-0.4, -0.2) is 14.8 Å². The first-order valence-corrected chi connectivity index (χ1v) is 10.6. The molecule has 0 aliphatic heterocycles. The van der Waals surface area contributed by atoms with Gasteiger partial charge in [-0.3, -0.25) is 4.57 Å². The maximum absolute atomic E-state index is 6.12. The number of aryl methyl sites for hydroxylation is 2. The number of benzene rings is 2. The zero-order valence-corrected chi connectivity index (χ0v) is 17.6. The average molecular weight is 394 g/mol. The molecule has 146 valence electrons. The molecular formula is C23H27N3OS. The van der Waals surface area contributed by atoms with Gasteiger partial charge < -0.3 is 4.74 Å². The molecule has 0 aliphatic rings. The molecule has 2 aromatic carbocycles. The highest BCUT2D eigenvalue weighted by Crippen LogP contribution is 2.27. The largest absolute Gasteiger partial charge is 0.483 e. The second-order valence-corrected chi connectivity index (χ2v) is 7.66. The Bertz CT molecular complexity index is 918. The van der Waals surface area contributed by atoms with E-state index in [-0.39, 0.29) is 6.10 Å². The first kappa shape index (κ1) is 20.2. The molecule has 0 spiro atoms. The van der Waals surface area contributed by atoms with Crippen LogP contribution >= 0.6 is 11.8 Å². The average Bonchev–Trinajstić information content (AvgIpc) is 3.11. The topological polar surface area (TPSA) is 39.9 Å². The van der Waals surface area contributed by atoms with Gasteiger partial charge in [0.25, 0.3) is 0 Å². The summed E-state index contributed by atoms with van der Waals surface area (Å²) in [6, 6.07) is 16.6. The highest BCUT2D eigenvalue weighted by Gasteiger charge is 2.19. The summed E-state index contributed by atoms with van der Waals surface area (Å²) in [5.74, 6) is 2.51. The van der Waals surface area contributed by atoms with Crippen LogP contribution in [0.1, 0.15) is 42.5 Å². The minimum Gasteiger partial charge on any atom is -0.483 e. The van der Waals surface area contributed by atoms with Gasteiger partial charge in [0.05, 0.1) is 0 Å². The van der Waals surface area contributed by atoms with Gasteiger partial charge in [0.15, 0.2) is 17.1 Å². The number of nitrogens with zero attached hydrogens (tertiary/aromatic N) is 3. The summed E-state index contributed by atoms with van der Waals surface area (Å²) in [7, 11) is 0. The number of ether oxygens (including phenoxy) is 1. The molecule has 1 unspecified atom stereocenters. The lowest BCUT2D eigenvalue weighted by atomic mass is 10.1. The van der Waals surface area contributed by atoms with Gasteiger partial charge in [0.1, 0.15) is 5.75 Å². The molecule has 3 aromatic rings. The van der Waals surface area contributed by atoms with Gasteiger partial charge in [-0.2, -0.15) is 0 Å². The predicted octanol–water partition coefficient (Wildman–Crippen LogP) is 5.77. The fourth-order valence-corrected chi connectivity index (χ4v) is 4.01. The Labute approximate surface area is 171 Å². The normalized spacial score (nSPS) is 12.0. The van der Waals surface area contributed by atoms with Crippen molar-refractivity contribution in [3.63, 3.8) is 0 Å².